The van der Waals surface area contributed by atoms with Gasteiger partial charge in [0.05, 0.1) is 18.1 Å². The maximum Gasteiger partial charge on any atom is 0.225 e. The number of benzene rings is 1. The number of hydrogen-bond donors (Lipinski definition) is 1. The average molecular weight is 397 g/mol. The third-order valence-electron chi connectivity index (χ3n) is 5.87. The summed E-state index contributed by atoms with van der Waals surface area (Å²) in [6, 6.07) is 6.23. The highest BCUT2D eigenvalue weighted by molar-refractivity contribution is 5.79. The van der Waals surface area contributed by atoms with Crippen LogP contribution in [0.3, 0.4) is 0 Å². The number of rotatable bonds is 5. The largest absolute Gasteiger partial charge is 0.369 e. The van der Waals surface area contributed by atoms with E-state index in [2.05, 4.69) is 25.1 Å². The van der Waals surface area contributed by atoms with E-state index in [1.165, 1.54) is 31.4 Å². The Morgan fingerprint density at radius 3 is 2.28 bits per heavy atom. The van der Waals surface area contributed by atoms with Crippen LogP contribution >= 0.6 is 0 Å². The Labute approximate surface area is 171 Å². The molecule has 2 fully saturated rings. The molecule has 2 aliphatic rings. The van der Waals surface area contributed by atoms with Gasteiger partial charge in [-0.3, -0.25) is 4.79 Å². The fraction of sp³-hybridized carbons (Fsp3) is 0.500. The smallest absolute Gasteiger partial charge is 0.225 e. The van der Waals surface area contributed by atoms with Crippen molar-refractivity contribution < 1.29 is 9.18 Å². The van der Waals surface area contributed by atoms with Crippen molar-refractivity contribution in [3.05, 3.63) is 48.0 Å². The predicted molar refractivity (Wildman–Crippen MR) is 111 cm³/mol. The molecule has 0 bridgehead atoms. The molecule has 1 aromatic carbocycles. The van der Waals surface area contributed by atoms with Gasteiger partial charge in [0, 0.05) is 38.6 Å². The second kappa shape index (κ2) is 9.20. The van der Waals surface area contributed by atoms with Crippen LogP contribution in [0.2, 0.25) is 0 Å². The van der Waals surface area contributed by atoms with Crippen LogP contribution in [0.1, 0.15) is 37.7 Å². The molecule has 0 aliphatic carbocycles. The number of hydrogen-bond acceptors (Lipinski definition) is 5. The zero-order chi connectivity index (χ0) is 20.1. The number of piperidine rings is 2. The Bertz CT molecular complexity index is 797. The second-order valence-corrected chi connectivity index (χ2v) is 7.89. The molecule has 0 spiro atoms. The summed E-state index contributed by atoms with van der Waals surface area (Å²) in [7, 11) is 0. The lowest BCUT2D eigenvalue weighted by molar-refractivity contribution is -0.125. The maximum atomic E-state index is 13.0. The zero-order valence-electron chi connectivity index (χ0n) is 16.7. The molecule has 2 saturated heterocycles. The lowest BCUT2D eigenvalue weighted by Crippen LogP contribution is -2.40. The third-order valence-corrected chi connectivity index (χ3v) is 5.87. The summed E-state index contributed by atoms with van der Waals surface area (Å²) in [5.74, 6) is 0.648. The fourth-order valence-corrected chi connectivity index (χ4v) is 4.07. The van der Waals surface area contributed by atoms with Crippen LogP contribution in [0.4, 0.5) is 16.0 Å². The first-order valence-corrected chi connectivity index (χ1v) is 10.5. The number of nitrogens with one attached hydrogen (secondary N) is 1. The average Bonchev–Trinajstić information content (AvgIpc) is 2.79. The first kappa shape index (κ1) is 19.6. The molecule has 1 N–H and O–H groups in total. The molecule has 154 valence electrons. The Hall–Kier alpha value is -2.70. The first-order valence-electron chi connectivity index (χ1n) is 10.5. The second-order valence-electron chi connectivity index (χ2n) is 7.89. The molecule has 2 aromatic rings. The molecular weight excluding hydrogens is 369 g/mol. The van der Waals surface area contributed by atoms with Crippen LogP contribution in [0.15, 0.2) is 36.7 Å². The van der Waals surface area contributed by atoms with Crippen LogP contribution in [-0.4, -0.2) is 42.1 Å². The molecule has 1 amide bonds. The van der Waals surface area contributed by atoms with Gasteiger partial charge in [-0.1, -0.05) is 12.1 Å². The summed E-state index contributed by atoms with van der Waals surface area (Å²) in [6.07, 6.45) is 9.15. The molecule has 0 radical (unpaired) electrons. The number of amides is 1. The molecule has 0 atom stereocenters. The zero-order valence-corrected chi connectivity index (χ0v) is 16.7. The van der Waals surface area contributed by atoms with Gasteiger partial charge in [0.15, 0.2) is 0 Å². The molecule has 7 heteroatoms. The summed E-state index contributed by atoms with van der Waals surface area (Å²) in [4.78, 5) is 26.1. The van der Waals surface area contributed by atoms with Crippen molar-refractivity contribution in [2.24, 2.45) is 5.92 Å². The first-order chi connectivity index (χ1) is 14.2. The summed E-state index contributed by atoms with van der Waals surface area (Å²) in [5.41, 5.74) is 1.93. The number of aromatic nitrogens is 2. The molecule has 29 heavy (non-hydrogen) atoms. The van der Waals surface area contributed by atoms with Crippen LogP contribution in [0.5, 0.6) is 0 Å². The number of nitrogens with zero attached hydrogens (tertiary/aromatic N) is 4. The van der Waals surface area contributed by atoms with Gasteiger partial charge >= 0.3 is 0 Å². The maximum absolute atomic E-state index is 13.0. The van der Waals surface area contributed by atoms with Gasteiger partial charge in [0.25, 0.3) is 0 Å². The minimum Gasteiger partial charge on any atom is -0.369 e. The monoisotopic (exact) mass is 397 g/mol. The Morgan fingerprint density at radius 2 is 1.62 bits per heavy atom. The normalized spacial score (nSPS) is 18.0. The van der Waals surface area contributed by atoms with Crippen LogP contribution < -0.4 is 15.1 Å². The van der Waals surface area contributed by atoms with E-state index in [-0.39, 0.29) is 17.6 Å². The molecule has 6 nitrogen and oxygen atoms in total. The van der Waals surface area contributed by atoms with Crippen molar-refractivity contribution >= 4 is 17.5 Å². The third kappa shape index (κ3) is 5.02. The van der Waals surface area contributed by atoms with Gasteiger partial charge in [0.1, 0.15) is 5.82 Å². The number of halogens is 1. The van der Waals surface area contributed by atoms with E-state index in [9.17, 15) is 9.18 Å². The van der Waals surface area contributed by atoms with E-state index in [0.29, 0.717) is 6.54 Å². The van der Waals surface area contributed by atoms with Gasteiger partial charge in [-0.15, -0.1) is 0 Å². The molecule has 0 saturated carbocycles. The van der Waals surface area contributed by atoms with E-state index in [0.717, 1.165) is 56.2 Å². The highest BCUT2D eigenvalue weighted by Crippen LogP contribution is 2.24. The highest BCUT2D eigenvalue weighted by Gasteiger charge is 2.25. The number of carbonyl (C=O) groups excluding carboxylic acids is 1. The minimum atomic E-state index is -0.264. The van der Waals surface area contributed by atoms with Gasteiger partial charge in [-0.2, -0.15) is 0 Å². The molecule has 4 rings (SSSR count). The SMILES string of the molecule is O=C(NCc1ccc(F)cc1)C1CCN(c2cnc(N3CCCCC3)nc2)CC1. The lowest BCUT2D eigenvalue weighted by atomic mass is 9.95. The molecule has 3 heterocycles. The van der Waals surface area contributed by atoms with E-state index in [4.69, 9.17) is 0 Å². The minimum absolute atomic E-state index is 0.0141. The van der Waals surface area contributed by atoms with Gasteiger partial charge < -0.3 is 15.1 Å². The molecular formula is C22H28FN5O. The summed E-state index contributed by atoms with van der Waals surface area (Å²) >= 11 is 0. The summed E-state index contributed by atoms with van der Waals surface area (Å²) in [5, 5.41) is 2.98. The van der Waals surface area contributed by atoms with Crippen molar-refractivity contribution in [3.8, 4) is 0 Å². The Kier molecular flexibility index (Phi) is 6.22. The lowest BCUT2D eigenvalue weighted by Gasteiger charge is -2.33. The Morgan fingerprint density at radius 1 is 0.966 bits per heavy atom. The topological polar surface area (TPSA) is 61.4 Å². The molecule has 1 aromatic heterocycles. The summed E-state index contributed by atoms with van der Waals surface area (Å²) < 4.78 is 13.0. The van der Waals surface area contributed by atoms with Crippen LogP contribution in [-0.2, 0) is 11.3 Å². The van der Waals surface area contributed by atoms with Crippen molar-refractivity contribution in [3.63, 3.8) is 0 Å². The quantitative estimate of drug-likeness (QED) is 0.840. The standard InChI is InChI=1S/C22H28FN5O/c23-19-6-4-17(5-7-19)14-24-21(29)18-8-12-27(13-9-18)20-15-25-22(26-16-20)28-10-2-1-3-11-28/h4-7,15-16,18H,1-3,8-14H2,(H,24,29). The van der Waals surface area contributed by atoms with E-state index in [1.54, 1.807) is 12.1 Å². The Balaban J connectivity index is 1.25. The summed E-state index contributed by atoms with van der Waals surface area (Å²) in [6.45, 7) is 4.16. The number of carbonyl (C=O) groups is 1. The number of anilines is 2. The van der Waals surface area contributed by atoms with Gasteiger partial charge in [-0.05, 0) is 49.8 Å². The van der Waals surface area contributed by atoms with Crippen molar-refractivity contribution in [1.29, 1.82) is 0 Å². The van der Waals surface area contributed by atoms with E-state index in [1.807, 2.05) is 12.4 Å². The van der Waals surface area contributed by atoms with Crippen molar-refractivity contribution in [1.82, 2.24) is 15.3 Å². The fourth-order valence-electron chi connectivity index (χ4n) is 4.07. The van der Waals surface area contributed by atoms with E-state index < -0.39 is 0 Å². The molecule has 0 unspecified atom stereocenters. The van der Waals surface area contributed by atoms with E-state index >= 15 is 0 Å². The molecule has 2 aliphatic heterocycles. The van der Waals surface area contributed by atoms with Gasteiger partial charge in [0.2, 0.25) is 11.9 Å². The predicted octanol–water partition coefficient (Wildman–Crippen LogP) is 3.14. The van der Waals surface area contributed by atoms with Gasteiger partial charge in [-0.25, -0.2) is 14.4 Å². The van der Waals surface area contributed by atoms with Crippen molar-refractivity contribution in [2.45, 2.75) is 38.6 Å². The highest BCUT2D eigenvalue weighted by atomic mass is 19.1. The van der Waals surface area contributed by atoms with Crippen molar-refractivity contribution in [2.75, 3.05) is 36.0 Å². The van der Waals surface area contributed by atoms with Crippen LogP contribution in [0, 0.1) is 11.7 Å². The van der Waals surface area contributed by atoms with Crippen LogP contribution in [0.25, 0.3) is 0 Å².